The zero-order valence-corrected chi connectivity index (χ0v) is 22.4. The van der Waals surface area contributed by atoms with Gasteiger partial charge in [0.2, 0.25) is 5.91 Å². The number of rotatable bonds is 20. The molecule has 0 aromatic rings. The number of hydrazine groups is 1. The Morgan fingerprint density at radius 3 is 1.80 bits per heavy atom. The molecule has 0 heterocycles. The fraction of sp³-hybridized carbons (Fsp3) is 0.913. The zero-order chi connectivity index (χ0) is 21.7. The minimum atomic E-state index is -0.315. The topological polar surface area (TPSA) is 75.9 Å². The van der Waals surface area contributed by atoms with Gasteiger partial charge in [-0.25, -0.2) is 5.84 Å². The Bertz CT molecular complexity index is 407. The number of amides is 1. The summed E-state index contributed by atoms with van der Waals surface area (Å²) in [5, 5.41) is 1.26. The maximum Gasteiger partial charge on any atom is 0.306 e. The molecule has 0 saturated heterocycles. The number of esters is 1. The normalized spacial score (nSPS) is 10.7. The van der Waals surface area contributed by atoms with Crippen LogP contribution in [0.1, 0.15) is 104 Å². The van der Waals surface area contributed by atoms with E-state index in [0.29, 0.717) is 13.2 Å². The first-order valence-electron chi connectivity index (χ1n) is 12.0. The average Bonchev–Trinajstić information content (AvgIpc) is 2.73. The van der Waals surface area contributed by atoms with Crippen LogP contribution in [0.4, 0.5) is 0 Å². The maximum absolute atomic E-state index is 12.0. The van der Waals surface area contributed by atoms with Crippen molar-refractivity contribution >= 4 is 41.4 Å². The van der Waals surface area contributed by atoms with Gasteiger partial charge in [0.1, 0.15) is 0 Å². The summed E-state index contributed by atoms with van der Waals surface area (Å²) in [7, 11) is 0. The molecule has 0 unspecified atom stereocenters. The van der Waals surface area contributed by atoms with E-state index >= 15 is 0 Å². The Kier molecular flexibility index (Phi) is 25.1. The fourth-order valence-corrected chi connectivity index (χ4v) is 3.33. The number of nitrogens with two attached hydrogens (primary N) is 1. The molecule has 1 radical (unpaired) electrons. The molecule has 30 heavy (non-hydrogen) atoms. The molecule has 6 nitrogen and oxygen atoms in total. The second-order valence-electron chi connectivity index (χ2n) is 7.87. The number of ether oxygens (including phenoxy) is 1. The summed E-state index contributed by atoms with van der Waals surface area (Å²) in [6, 6.07) is 0. The van der Waals surface area contributed by atoms with E-state index in [9.17, 15) is 9.59 Å². The van der Waals surface area contributed by atoms with Crippen LogP contribution < -0.4 is 5.84 Å². The van der Waals surface area contributed by atoms with E-state index in [1.165, 1.54) is 56.4 Å². The maximum atomic E-state index is 12.0. The van der Waals surface area contributed by atoms with E-state index in [1.54, 1.807) is 0 Å². The van der Waals surface area contributed by atoms with Crippen molar-refractivity contribution in [2.45, 2.75) is 104 Å². The summed E-state index contributed by atoms with van der Waals surface area (Å²) >= 11 is 0. The molecule has 0 spiro atoms. The van der Waals surface area contributed by atoms with E-state index in [1.807, 2.05) is 0 Å². The standard InChI is InChI=1S/C23H47N3O3.Na/c1-4-7-8-9-10-11-12-13-14-15-20-26(24)22(27)17-18-23(28)29-21-16-19-25(5-2)6-3;/h4-21,24H2,1-3H3;. The zero-order valence-electron chi connectivity index (χ0n) is 20.4. The van der Waals surface area contributed by atoms with Crippen molar-refractivity contribution in [2.24, 2.45) is 5.84 Å². The van der Waals surface area contributed by atoms with Crippen molar-refractivity contribution in [1.82, 2.24) is 9.91 Å². The van der Waals surface area contributed by atoms with Crippen molar-refractivity contribution in [2.75, 3.05) is 32.8 Å². The number of nitrogens with zero attached hydrogens (tertiary/aromatic N) is 2. The van der Waals surface area contributed by atoms with Crippen LogP contribution in [-0.4, -0.2) is 84.1 Å². The molecule has 0 atom stereocenters. The molecular weight excluding hydrogens is 389 g/mol. The quantitative estimate of drug-likeness (QED) is 0.0770. The molecule has 0 aromatic heterocycles. The van der Waals surface area contributed by atoms with Gasteiger partial charge in [0, 0.05) is 49.1 Å². The molecule has 173 valence electrons. The van der Waals surface area contributed by atoms with Crippen LogP contribution in [0.5, 0.6) is 0 Å². The van der Waals surface area contributed by atoms with Gasteiger partial charge in [0.05, 0.1) is 13.0 Å². The summed E-state index contributed by atoms with van der Waals surface area (Å²) < 4.78 is 5.20. The van der Waals surface area contributed by atoms with E-state index in [-0.39, 0.29) is 54.3 Å². The molecule has 7 heteroatoms. The SMILES string of the molecule is CCCCCCCCCCCCN(N)C(=O)CCC(=O)OCCCN(CC)CC.[Na]. The van der Waals surface area contributed by atoms with Gasteiger partial charge < -0.3 is 9.64 Å². The molecular formula is C23H47N3NaO3. The minimum absolute atomic E-state index is 0. The van der Waals surface area contributed by atoms with Gasteiger partial charge in [-0.05, 0) is 25.9 Å². The monoisotopic (exact) mass is 436 g/mol. The Morgan fingerprint density at radius 1 is 0.733 bits per heavy atom. The fourth-order valence-electron chi connectivity index (χ4n) is 3.33. The Morgan fingerprint density at radius 2 is 1.27 bits per heavy atom. The van der Waals surface area contributed by atoms with Gasteiger partial charge in [-0.15, -0.1) is 0 Å². The van der Waals surface area contributed by atoms with Crippen molar-refractivity contribution in [3.63, 3.8) is 0 Å². The van der Waals surface area contributed by atoms with E-state index in [2.05, 4.69) is 25.7 Å². The predicted molar refractivity (Wildman–Crippen MR) is 126 cm³/mol. The van der Waals surface area contributed by atoms with E-state index in [4.69, 9.17) is 10.6 Å². The van der Waals surface area contributed by atoms with Crippen molar-refractivity contribution in [3.8, 4) is 0 Å². The first-order valence-corrected chi connectivity index (χ1v) is 12.0. The molecule has 0 aliphatic rings. The van der Waals surface area contributed by atoms with Crippen LogP contribution in [0.3, 0.4) is 0 Å². The second-order valence-corrected chi connectivity index (χ2v) is 7.87. The molecule has 0 bridgehead atoms. The first-order chi connectivity index (χ1) is 14.0. The Hall–Kier alpha value is -0.140. The van der Waals surface area contributed by atoms with E-state index < -0.39 is 0 Å². The minimum Gasteiger partial charge on any atom is -0.466 e. The largest absolute Gasteiger partial charge is 0.466 e. The summed E-state index contributed by atoms with van der Waals surface area (Å²) in [4.78, 5) is 26.1. The number of hydrogen-bond acceptors (Lipinski definition) is 5. The third-order valence-corrected chi connectivity index (χ3v) is 5.39. The van der Waals surface area contributed by atoms with Gasteiger partial charge in [-0.1, -0.05) is 78.6 Å². The summed E-state index contributed by atoms with van der Waals surface area (Å²) in [6.45, 7) is 10.4. The number of carbonyl (C=O) groups is 2. The van der Waals surface area contributed by atoms with Crippen molar-refractivity contribution in [1.29, 1.82) is 0 Å². The molecule has 1 amide bonds. The second kappa shape index (κ2) is 23.5. The molecule has 0 saturated carbocycles. The molecule has 0 aliphatic heterocycles. The van der Waals surface area contributed by atoms with Gasteiger partial charge in [0.25, 0.3) is 0 Å². The molecule has 0 aliphatic carbocycles. The smallest absolute Gasteiger partial charge is 0.306 e. The van der Waals surface area contributed by atoms with Crippen LogP contribution in [0.25, 0.3) is 0 Å². The third-order valence-electron chi connectivity index (χ3n) is 5.39. The third kappa shape index (κ3) is 19.8. The van der Waals surface area contributed by atoms with Gasteiger partial charge >= 0.3 is 5.97 Å². The van der Waals surface area contributed by atoms with E-state index in [0.717, 1.165) is 38.9 Å². The molecule has 2 N–H and O–H groups in total. The number of hydrogen-bond donors (Lipinski definition) is 1. The van der Waals surface area contributed by atoms with Crippen LogP contribution in [-0.2, 0) is 14.3 Å². The summed E-state index contributed by atoms with van der Waals surface area (Å²) in [6.07, 6.45) is 13.6. The van der Waals surface area contributed by atoms with Crippen molar-refractivity contribution in [3.05, 3.63) is 0 Å². The van der Waals surface area contributed by atoms with Gasteiger partial charge in [-0.3, -0.25) is 14.6 Å². The number of unbranched alkanes of at least 4 members (excludes halogenated alkanes) is 9. The number of carbonyl (C=O) groups excluding carboxylic acids is 2. The Balaban J connectivity index is 0. The summed E-state index contributed by atoms with van der Waals surface area (Å²) in [5.41, 5.74) is 0. The van der Waals surface area contributed by atoms with Crippen molar-refractivity contribution < 1.29 is 14.3 Å². The van der Waals surface area contributed by atoms with Crippen LogP contribution in [0.15, 0.2) is 0 Å². The van der Waals surface area contributed by atoms with Crippen LogP contribution >= 0.6 is 0 Å². The van der Waals surface area contributed by atoms with Crippen LogP contribution in [0, 0.1) is 0 Å². The van der Waals surface area contributed by atoms with Gasteiger partial charge in [-0.2, -0.15) is 0 Å². The molecule has 0 rings (SSSR count). The average molecular weight is 437 g/mol. The Labute approximate surface area is 207 Å². The van der Waals surface area contributed by atoms with Gasteiger partial charge in [0.15, 0.2) is 0 Å². The molecule has 0 fully saturated rings. The van der Waals surface area contributed by atoms with Crippen LogP contribution in [0.2, 0.25) is 0 Å². The molecule has 0 aromatic carbocycles. The first kappa shape index (κ1) is 32.0. The summed E-state index contributed by atoms with van der Waals surface area (Å²) in [5.74, 6) is 5.33. The predicted octanol–water partition coefficient (Wildman–Crippen LogP) is 4.28.